The molecule has 1 aliphatic heterocycles. The third kappa shape index (κ3) is 6.25. The number of hydrogen-bond donors (Lipinski definition) is 0. The van der Waals surface area contributed by atoms with Crippen LogP contribution in [0.3, 0.4) is 0 Å². The highest BCUT2D eigenvalue weighted by atomic mass is 35.5. The summed E-state index contributed by atoms with van der Waals surface area (Å²) < 4.78 is 18.6. The van der Waals surface area contributed by atoms with Crippen molar-refractivity contribution in [1.82, 2.24) is 4.57 Å². The molecule has 0 saturated heterocycles. The van der Waals surface area contributed by atoms with Gasteiger partial charge in [0.25, 0.3) is 11.2 Å². The third-order valence-electron chi connectivity index (χ3n) is 6.85. The van der Waals surface area contributed by atoms with Crippen LogP contribution in [0.5, 0.6) is 17.2 Å². The summed E-state index contributed by atoms with van der Waals surface area (Å²) in [7, 11) is 0. The number of non-ortho nitro benzene ring substituents is 1. The molecule has 0 amide bonds. The van der Waals surface area contributed by atoms with E-state index in [0.717, 1.165) is 29.5 Å². The van der Waals surface area contributed by atoms with E-state index >= 15 is 0 Å². The molecular weight excluding hydrogens is 640 g/mol. The largest absolute Gasteiger partial charge is 0.490 e. The van der Waals surface area contributed by atoms with Crippen molar-refractivity contribution in [3.63, 3.8) is 0 Å². The molecule has 0 unspecified atom stereocenters. The van der Waals surface area contributed by atoms with Gasteiger partial charge in [0, 0.05) is 11.1 Å². The smallest absolute Gasteiger partial charge is 0.338 e. The van der Waals surface area contributed by atoms with Crippen LogP contribution in [0.15, 0.2) is 81.7 Å². The third-order valence-corrected chi connectivity index (χ3v) is 8.18. The van der Waals surface area contributed by atoms with Crippen LogP contribution < -0.4 is 24.4 Å². The Bertz CT molecular complexity index is 2110. The van der Waals surface area contributed by atoms with Gasteiger partial charge in [-0.05, 0) is 62.2 Å². The maximum Gasteiger partial charge on any atom is 0.338 e. The van der Waals surface area contributed by atoms with Gasteiger partial charge in [-0.3, -0.25) is 29.6 Å². The van der Waals surface area contributed by atoms with Crippen LogP contribution in [0, 0.1) is 20.2 Å². The number of aromatic nitrogens is 1. The summed E-state index contributed by atoms with van der Waals surface area (Å²) in [5.41, 5.74) is 0.216. The molecular formula is C31H25ClN4O9S. The second-order valence-electron chi connectivity index (χ2n) is 9.73. The lowest BCUT2D eigenvalue weighted by molar-refractivity contribution is -0.394. The second kappa shape index (κ2) is 13.3. The molecule has 236 valence electrons. The fourth-order valence-electron chi connectivity index (χ4n) is 4.87. The Morgan fingerprint density at radius 3 is 2.43 bits per heavy atom. The molecule has 15 heteroatoms. The first-order valence-corrected chi connectivity index (χ1v) is 15.0. The molecule has 0 bridgehead atoms. The first-order valence-electron chi connectivity index (χ1n) is 13.9. The number of esters is 1. The lowest BCUT2D eigenvalue weighted by Crippen LogP contribution is -2.40. The average Bonchev–Trinajstić information content (AvgIpc) is 3.32. The molecule has 0 aliphatic carbocycles. The fourth-order valence-corrected chi connectivity index (χ4v) is 6.15. The second-order valence-corrected chi connectivity index (χ2v) is 11.1. The van der Waals surface area contributed by atoms with Gasteiger partial charge in [-0.25, -0.2) is 9.79 Å². The number of hydrogen-bond acceptors (Lipinski definition) is 11. The number of rotatable bonds is 10. The van der Waals surface area contributed by atoms with Crippen LogP contribution in [0.1, 0.15) is 37.9 Å². The normalized spacial score (nSPS) is 14.3. The number of carbonyl (C=O) groups excluding carboxylic acids is 1. The van der Waals surface area contributed by atoms with E-state index in [2.05, 4.69) is 4.99 Å². The summed E-state index contributed by atoms with van der Waals surface area (Å²) in [6, 6.07) is 13.8. The molecule has 4 aromatic rings. The number of nitro benzene ring substituents is 2. The number of fused-ring (bicyclic) bond motifs is 1. The van der Waals surface area contributed by atoms with Gasteiger partial charge in [0.05, 0.1) is 44.9 Å². The Labute approximate surface area is 269 Å². The summed E-state index contributed by atoms with van der Waals surface area (Å²) in [6.45, 7) is 5.46. The molecule has 0 fully saturated rings. The standard InChI is InChI=1S/C31H25ClN4O9S/c1-4-43-25-14-18(10-12-24(25)45-23-13-11-19(35(39)40)16-22(23)36(41)42)15-26-29(37)34-28(20-8-6-7-9-21(20)32)27(30(38)44-5-2)17(3)33-31(34)46-26/h6-16,28H,4-5H2,1-3H3/b26-15-/t28-/m1/s1. The van der Waals surface area contributed by atoms with E-state index in [4.69, 9.17) is 25.8 Å². The fraction of sp³-hybridized carbons (Fsp3) is 0.194. The molecule has 46 heavy (non-hydrogen) atoms. The summed E-state index contributed by atoms with van der Waals surface area (Å²) in [6.07, 6.45) is 1.62. The maximum atomic E-state index is 13.9. The molecule has 1 aromatic heterocycles. The molecule has 1 atom stereocenters. The van der Waals surface area contributed by atoms with Crippen molar-refractivity contribution in [2.45, 2.75) is 26.8 Å². The van der Waals surface area contributed by atoms with Crippen molar-refractivity contribution in [2.24, 2.45) is 4.99 Å². The molecule has 5 rings (SSSR count). The number of benzene rings is 3. The zero-order valence-electron chi connectivity index (χ0n) is 24.6. The lowest BCUT2D eigenvalue weighted by Gasteiger charge is -2.25. The van der Waals surface area contributed by atoms with E-state index < -0.39 is 38.8 Å². The molecule has 0 N–H and O–H groups in total. The highest BCUT2D eigenvalue weighted by Gasteiger charge is 2.34. The van der Waals surface area contributed by atoms with Crippen LogP contribution in [-0.4, -0.2) is 33.6 Å². The van der Waals surface area contributed by atoms with Gasteiger partial charge < -0.3 is 14.2 Å². The van der Waals surface area contributed by atoms with E-state index in [1.165, 1.54) is 10.6 Å². The van der Waals surface area contributed by atoms with Gasteiger partial charge >= 0.3 is 11.7 Å². The van der Waals surface area contributed by atoms with Crippen molar-refractivity contribution in [1.29, 1.82) is 0 Å². The Morgan fingerprint density at radius 1 is 1.02 bits per heavy atom. The van der Waals surface area contributed by atoms with Gasteiger partial charge in [0.2, 0.25) is 5.75 Å². The quantitative estimate of drug-likeness (QED) is 0.122. The zero-order valence-corrected chi connectivity index (χ0v) is 26.2. The topological polar surface area (TPSA) is 165 Å². The van der Waals surface area contributed by atoms with E-state index in [1.54, 1.807) is 63.2 Å². The van der Waals surface area contributed by atoms with Crippen LogP contribution in [0.2, 0.25) is 5.02 Å². The highest BCUT2D eigenvalue weighted by Crippen LogP contribution is 2.39. The van der Waals surface area contributed by atoms with Crippen molar-refractivity contribution >= 4 is 46.4 Å². The molecule has 3 aromatic carbocycles. The summed E-state index contributed by atoms with van der Waals surface area (Å²) in [4.78, 5) is 53.2. The minimum absolute atomic E-state index is 0.117. The maximum absolute atomic E-state index is 13.9. The molecule has 0 saturated carbocycles. The summed E-state index contributed by atoms with van der Waals surface area (Å²) in [5.74, 6) is -0.491. The lowest BCUT2D eigenvalue weighted by atomic mass is 9.96. The van der Waals surface area contributed by atoms with Crippen molar-refractivity contribution < 1.29 is 28.9 Å². The molecule has 0 spiro atoms. The average molecular weight is 665 g/mol. The predicted octanol–water partition coefficient (Wildman–Crippen LogP) is 5.46. The van der Waals surface area contributed by atoms with Gasteiger partial charge in [0.15, 0.2) is 16.3 Å². The number of nitrogens with zero attached hydrogens (tertiary/aromatic N) is 4. The first-order chi connectivity index (χ1) is 22.0. The first kappa shape index (κ1) is 32.1. The monoisotopic (exact) mass is 664 g/mol. The Kier molecular flexibility index (Phi) is 9.30. The van der Waals surface area contributed by atoms with Crippen LogP contribution in [0.25, 0.3) is 6.08 Å². The number of thiazole rings is 1. The Morgan fingerprint density at radius 2 is 1.76 bits per heavy atom. The molecule has 0 radical (unpaired) electrons. The van der Waals surface area contributed by atoms with Crippen LogP contribution in [0.4, 0.5) is 11.4 Å². The highest BCUT2D eigenvalue weighted by molar-refractivity contribution is 7.07. The van der Waals surface area contributed by atoms with Crippen molar-refractivity contribution in [3.05, 3.63) is 128 Å². The van der Waals surface area contributed by atoms with E-state index in [9.17, 15) is 29.8 Å². The zero-order chi connectivity index (χ0) is 33.1. The minimum atomic E-state index is -0.876. The predicted molar refractivity (Wildman–Crippen MR) is 169 cm³/mol. The SMILES string of the molecule is CCOC(=O)C1=C(C)N=c2s/c(=C\c3ccc(Oc4ccc([N+](=O)[O-])cc4[N+](=O)[O-])c(OCC)c3)c(=O)n2[C@@H]1c1ccccc1Cl. The van der Waals surface area contributed by atoms with E-state index in [-0.39, 0.29) is 36.0 Å². The van der Waals surface area contributed by atoms with Crippen LogP contribution in [-0.2, 0) is 9.53 Å². The Balaban J connectivity index is 1.60. The van der Waals surface area contributed by atoms with E-state index in [1.807, 2.05) is 0 Å². The minimum Gasteiger partial charge on any atom is -0.490 e. The van der Waals surface area contributed by atoms with Gasteiger partial charge in [0.1, 0.15) is 6.04 Å². The number of halogens is 1. The number of nitro groups is 2. The molecule has 13 nitrogen and oxygen atoms in total. The van der Waals surface area contributed by atoms with E-state index in [0.29, 0.717) is 31.2 Å². The Hall–Kier alpha value is -5.34. The molecule has 1 aliphatic rings. The van der Waals surface area contributed by atoms with Gasteiger partial charge in [-0.2, -0.15) is 0 Å². The summed E-state index contributed by atoms with van der Waals surface area (Å²) >= 11 is 7.68. The van der Waals surface area contributed by atoms with Gasteiger partial charge in [-0.1, -0.05) is 47.2 Å². The summed E-state index contributed by atoms with van der Waals surface area (Å²) in [5, 5.41) is 23.1. The molecule has 2 heterocycles. The number of carbonyl (C=O) groups is 1. The van der Waals surface area contributed by atoms with Gasteiger partial charge in [-0.15, -0.1) is 0 Å². The number of ether oxygens (including phenoxy) is 3. The van der Waals surface area contributed by atoms with Crippen molar-refractivity contribution in [2.75, 3.05) is 13.2 Å². The van der Waals surface area contributed by atoms with Crippen LogP contribution >= 0.6 is 22.9 Å². The number of allylic oxidation sites excluding steroid dienone is 1. The van der Waals surface area contributed by atoms with Crippen molar-refractivity contribution in [3.8, 4) is 17.2 Å².